The predicted octanol–water partition coefficient (Wildman–Crippen LogP) is 3.78. The van der Waals surface area contributed by atoms with Crippen LogP contribution in [0, 0.1) is 0 Å². The van der Waals surface area contributed by atoms with Crippen LogP contribution in [0.1, 0.15) is 27.9 Å². The highest BCUT2D eigenvalue weighted by molar-refractivity contribution is 7.18. The van der Waals surface area contributed by atoms with Gasteiger partial charge < -0.3 is 0 Å². The minimum atomic E-state index is 0.0682. The Bertz CT molecular complexity index is 518. The summed E-state index contributed by atoms with van der Waals surface area (Å²) in [5, 5.41) is 0. The Balaban J connectivity index is 2.07. The fraction of sp³-hybridized carbons (Fsp3) is 0.231. The van der Waals surface area contributed by atoms with Crippen LogP contribution in [-0.4, -0.2) is 10.8 Å². The van der Waals surface area contributed by atoms with E-state index >= 15 is 0 Å². The summed E-state index contributed by atoms with van der Waals surface area (Å²) in [6.45, 7) is 2.08. The highest BCUT2D eigenvalue weighted by Crippen LogP contribution is 2.22. The van der Waals surface area contributed by atoms with Crippen molar-refractivity contribution in [3.05, 3.63) is 50.9 Å². The van der Waals surface area contributed by atoms with Crippen molar-refractivity contribution < 1.29 is 4.79 Å². The molecule has 17 heavy (non-hydrogen) atoms. The third-order valence-electron chi connectivity index (χ3n) is 2.48. The lowest BCUT2D eigenvalue weighted by atomic mass is 10.1. The number of hydrogen-bond acceptors (Lipinski definition) is 3. The van der Waals surface area contributed by atoms with Gasteiger partial charge in [0.15, 0.2) is 5.78 Å². The van der Waals surface area contributed by atoms with Crippen molar-refractivity contribution in [2.75, 3.05) is 0 Å². The molecule has 0 saturated heterocycles. The average molecular weight is 266 g/mol. The quantitative estimate of drug-likeness (QED) is 0.788. The Hall–Kier alpha value is -1.19. The molecule has 0 aliphatic carbocycles. The summed E-state index contributed by atoms with van der Waals surface area (Å²) in [7, 11) is 0. The molecule has 2 nitrogen and oxygen atoms in total. The molecule has 0 bridgehead atoms. The maximum Gasteiger partial charge on any atom is 0.178 e. The molecule has 0 atom stereocenters. The molecule has 0 spiro atoms. The number of carbonyl (C=O) groups excluding carboxylic acids is 1. The molecule has 2 aromatic rings. The van der Waals surface area contributed by atoms with E-state index in [1.54, 1.807) is 12.1 Å². The number of ketones is 1. The van der Waals surface area contributed by atoms with Crippen LogP contribution in [-0.2, 0) is 12.8 Å². The molecular formula is C13H12ClNOS. The lowest BCUT2D eigenvalue weighted by Crippen LogP contribution is -2.03. The van der Waals surface area contributed by atoms with Crippen molar-refractivity contribution in [3.8, 4) is 0 Å². The molecule has 0 aliphatic rings. The topological polar surface area (TPSA) is 30.0 Å². The normalized spacial score (nSPS) is 10.5. The lowest BCUT2D eigenvalue weighted by molar-refractivity contribution is 0.0996. The van der Waals surface area contributed by atoms with Crippen molar-refractivity contribution in [3.63, 3.8) is 0 Å². The molecule has 2 heterocycles. The Morgan fingerprint density at radius 1 is 1.35 bits per heavy atom. The molecule has 0 amide bonds. The highest BCUT2D eigenvalue weighted by atomic mass is 35.5. The smallest absolute Gasteiger partial charge is 0.178 e. The van der Waals surface area contributed by atoms with Gasteiger partial charge in [0.2, 0.25) is 0 Å². The van der Waals surface area contributed by atoms with Crippen LogP contribution < -0.4 is 0 Å². The van der Waals surface area contributed by atoms with Gasteiger partial charge in [0.1, 0.15) is 0 Å². The largest absolute Gasteiger partial charge is 0.293 e. The van der Waals surface area contributed by atoms with Gasteiger partial charge in [-0.05, 0) is 30.2 Å². The van der Waals surface area contributed by atoms with Crippen LogP contribution >= 0.6 is 22.9 Å². The second-order valence-electron chi connectivity index (χ2n) is 3.72. The monoisotopic (exact) mass is 265 g/mol. The third kappa shape index (κ3) is 3.14. The van der Waals surface area contributed by atoms with Crippen molar-refractivity contribution >= 4 is 28.7 Å². The number of thiophene rings is 1. The SMILES string of the molecule is CCc1ccc(CC(=O)c2ccc(Cl)s2)nc1. The molecule has 4 heteroatoms. The summed E-state index contributed by atoms with van der Waals surface area (Å²) in [4.78, 5) is 16.9. The van der Waals surface area contributed by atoms with E-state index in [9.17, 15) is 4.79 Å². The molecule has 0 unspecified atom stereocenters. The van der Waals surface area contributed by atoms with Gasteiger partial charge in [-0.15, -0.1) is 11.3 Å². The van der Waals surface area contributed by atoms with Crippen LogP contribution in [0.2, 0.25) is 4.34 Å². The molecule has 0 aliphatic heterocycles. The number of hydrogen-bond donors (Lipinski definition) is 0. The Morgan fingerprint density at radius 3 is 2.71 bits per heavy atom. The Labute approximate surface area is 109 Å². The number of aryl methyl sites for hydroxylation is 1. The van der Waals surface area contributed by atoms with Crippen LogP contribution in [0.25, 0.3) is 0 Å². The Kier molecular flexibility index (Phi) is 3.92. The van der Waals surface area contributed by atoms with E-state index in [1.807, 2.05) is 18.3 Å². The van der Waals surface area contributed by atoms with E-state index in [1.165, 1.54) is 16.9 Å². The van der Waals surface area contributed by atoms with Crippen molar-refractivity contribution in [2.45, 2.75) is 19.8 Å². The van der Waals surface area contributed by atoms with Gasteiger partial charge in [-0.3, -0.25) is 9.78 Å². The summed E-state index contributed by atoms with van der Waals surface area (Å²) in [5.41, 5.74) is 1.98. The van der Waals surface area contributed by atoms with E-state index < -0.39 is 0 Å². The molecule has 2 rings (SSSR count). The first-order valence-electron chi connectivity index (χ1n) is 5.41. The number of aromatic nitrogens is 1. The zero-order valence-electron chi connectivity index (χ0n) is 9.44. The number of carbonyl (C=O) groups is 1. The van der Waals surface area contributed by atoms with Crippen LogP contribution in [0.3, 0.4) is 0 Å². The summed E-state index contributed by atoms with van der Waals surface area (Å²) in [6, 6.07) is 7.42. The third-order valence-corrected chi connectivity index (χ3v) is 3.76. The standard InChI is InChI=1S/C13H12ClNOS/c1-2-9-3-4-10(15-8-9)7-11(16)12-5-6-13(14)17-12/h3-6,8H,2,7H2,1H3. The fourth-order valence-corrected chi connectivity index (χ4v) is 2.47. The maximum absolute atomic E-state index is 11.9. The van der Waals surface area contributed by atoms with E-state index in [0.717, 1.165) is 12.1 Å². The van der Waals surface area contributed by atoms with Crippen molar-refractivity contribution in [1.82, 2.24) is 4.98 Å². The number of pyridine rings is 1. The van der Waals surface area contributed by atoms with Crippen LogP contribution in [0.5, 0.6) is 0 Å². The van der Waals surface area contributed by atoms with Crippen LogP contribution in [0.15, 0.2) is 30.5 Å². The average Bonchev–Trinajstić information content (AvgIpc) is 2.77. The first-order valence-corrected chi connectivity index (χ1v) is 6.61. The summed E-state index contributed by atoms with van der Waals surface area (Å²) < 4.78 is 0.641. The molecular weight excluding hydrogens is 254 g/mol. The molecule has 0 N–H and O–H groups in total. The van der Waals surface area contributed by atoms with E-state index in [4.69, 9.17) is 11.6 Å². The van der Waals surface area contributed by atoms with Gasteiger partial charge >= 0.3 is 0 Å². The van der Waals surface area contributed by atoms with Gasteiger partial charge in [0.25, 0.3) is 0 Å². The minimum Gasteiger partial charge on any atom is -0.293 e. The lowest BCUT2D eigenvalue weighted by Gasteiger charge is -2.00. The van der Waals surface area contributed by atoms with Crippen molar-refractivity contribution in [1.29, 1.82) is 0 Å². The van der Waals surface area contributed by atoms with Gasteiger partial charge in [-0.2, -0.15) is 0 Å². The van der Waals surface area contributed by atoms with E-state index in [0.29, 0.717) is 15.6 Å². The number of halogens is 1. The predicted molar refractivity (Wildman–Crippen MR) is 71.0 cm³/mol. The van der Waals surface area contributed by atoms with Crippen molar-refractivity contribution in [2.24, 2.45) is 0 Å². The summed E-state index contributed by atoms with van der Waals surface area (Å²) in [6.07, 6.45) is 3.12. The van der Waals surface area contributed by atoms with Gasteiger partial charge in [0, 0.05) is 11.9 Å². The van der Waals surface area contributed by atoms with Gasteiger partial charge in [0.05, 0.1) is 15.6 Å². The molecule has 0 saturated carbocycles. The zero-order valence-corrected chi connectivity index (χ0v) is 11.0. The first kappa shape index (κ1) is 12.3. The maximum atomic E-state index is 11.9. The fourth-order valence-electron chi connectivity index (χ4n) is 1.48. The highest BCUT2D eigenvalue weighted by Gasteiger charge is 2.10. The van der Waals surface area contributed by atoms with Crippen LogP contribution in [0.4, 0.5) is 0 Å². The summed E-state index contributed by atoms with van der Waals surface area (Å²) >= 11 is 7.11. The van der Waals surface area contributed by atoms with Gasteiger partial charge in [-0.1, -0.05) is 24.6 Å². The zero-order chi connectivity index (χ0) is 12.3. The summed E-state index contributed by atoms with van der Waals surface area (Å²) in [5.74, 6) is 0.0682. The number of nitrogens with zero attached hydrogens (tertiary/aromatic N) is 1. The van der Waals surface area contributed by atoms with E-state index in [-0.39, 0.29) is 5.78 Å². The second kappa shape index (κ2) is 5.43. The molecule has 0 radical (unpaired) electrons. The number of rotatable bonds is 4. The number of Topliss-reactive ketones (excluding diaryl/α,β-unsaturated/α-hetero) is 1. The van der Waals surface area contributed by atoms with Gasteiger partial charge in [-0.25, -0.2) is 0 Å². The first-order chi connectivity index (χ1) is 8.19. The molecule has 0 aromatic carbocycles. The molecule has 2 aromatic heterocycles. The van der Waals surface area contributed by atoms with E-state index in [2.05, 4.69) is 11.9 Å². The second-order valence-corrected chi connectivity index (χ2v) is 5.43. The Morgan fingerprint density at radius 2 is 2.18 bits per heavy atom. The molecule has 88 valence electrons. The molecule has 0 fully saturated rings. The minimum absolute atomic E-state index is 0.0682.